The minimum absolute atomic E-state index is 0.00768. The van der Waals surface area contributed by atoms with Crippen LogP contribution >= 0.6 is 0 Å². The number of hydrogen-bond donors (Lipinski definition) is 1. The molecule has 5 heteroatoms. The molecule has 0 saturated heterocycles. The first kappa shape index (κ1) is 17.1. The van der Waals surface area contributed by atoms with Crippen LogP contribution in [-0.4, -0.2) is 26.2 Å². The van der Waals surface area contributed by atoms with E-state index in [4.69, 9.17) is 14.2 Å². The maximum absolute atomic E-state index is 12.3. The molecule has 0 saturated carbocycles. The highest BCUT2D eigenvalue weighted by Gasteiger charge is 2.15. The monoisotopic (exact) mass is 341 g/mol. The van der Waals surface area contributed by atoms with Crippen LogP contribution in [0, 0.1) is 0 Å². The molecule has 1 amide bonds. The lowest BCUT2D eigenvalue weighted by Crippen LogP contribution is -2.27. The number of ether oxygens (including phenoxy) is 3. The highest BCUT2D eigenvalue weighted by atomic mass is 16.6. The van der Waals surface area contributed by atoms with Crippen molar-refractivity contribution in [2.24, 2.45) is 0 Å². The SMILES string of the molecule is COc1ccccc1C(C)NC(=O)CCc1ccc2c(c1)OCCO2. The van der Waals surface area contributed by atoms with Crippen molar-refractivity contribution in [1.82, 2.24) is 5.32 Å². The zero-order valence-electron chi connectivity index (χ0n) is 14.6. The molecule has 0 radical (unpaired) electrons. The van der Waals surface area contributed by atoms with Crippen molar-refractivity contribution >= 4 is 5.91 Å². The molecule has 1 atom stereocenters. The second kappa shape index (κ2) is 7.92. The second-order valence-electron chi connectivity index (χ2n) is 6.01. The van der Waals surface area contributed by atoms with Crippen molar-refractivity contribution in [3.63, 3.8) is 0 Å². The normalized spacial score (nSPS) is 13.8. The van der Waals surface area contributed by atoms with Crippen molar-refractivity contribution in [2.75, 3.05) is 20.3 Å². The third kappa shape index (κ3) is 4.24. The Morgan fingerprint density at radius 3 is 2.72 bits per heavy atom. The van der Waals surface area contributed by atoms with Crippen molar-refractivity contribution in [3.8, 4) is 17.2 Å². The minimum atomic E-state index is -0.107. The first-order valence-electron chi connectivity index (χ1n) is 8.48. The molecule has 2 aromatic carbocycles. The number of nitrogens with one attached hydrogen (secondary N) is 1. The van der Waals surface area contributed by atoms with E-state index in [-0.39, 0.29) is 11.9 Å². The van der Waals surface area contributed by atoms with Gasteiger partial charge in [0.05, 0.1) is 13.2 Å². The summed E-state index contributed by atoms with van der Waals surface area (Å²) < 4.78 is 16.4. The Morgan fingerprint density at radius 2 is 1.92 bits per heavy atom. The fourth-order valence-electron chi connectivity index (χ4n) is 2.92. The Bertz CT molecular complexity index is 744. The molecule has 1 aliphatic heterocycles. The molecule has 1 unspecified atom stereocenters. The summed E-state index contributed by atoms with van der Waals surface area (Å²) >= 11 is 0. The van der Waals surface area contributed by atoms with Crippen molar-refractivity contribution in [1.29, 1.82) is 0 Å². The van der Waals surface area contributed by atoms with Gasteiger partial charge in [-0.1, -0.05) is 24.3 Å². The summed E-state index contributed by atoms with van der Waals surface area (Å²) in [5, 5.41) is 3.03. The van der Waals surface area contributed by atoms with Gasteiger partial charge in [0.15, 0.2) is 11.5 Å². The number of para-hydroxylation sites is 1. The molecule has 0 bridgehead atoms. The minimum Gasteiger partial charge on any atom is -0.496 e. The number of methoxy groups -OCH3 is 1. The van der Waals surface area contributed by atoms with E-state index in [9.17, 15) is 4.79 Å². The maximum atomic E-state index is 12.3. The van der Waals surface area contributed by atoms with E-state index in [2.05, 4.69) is 5.32 Å². The number of hydrogen-bond acceptors (Lipinski definition) is 4. The van der Waals surface area contributed by atoms with E-state index in [1.807, 2.05) is 49.4 Å². The first-order valence-corrected chi connectivity index (χ1v) is 8.48. The van der Waals surface area contributed by atoms with E-state index in [0.717, 1.165) is 28.4 Å². The lowest BCUT2D eigenvalue weighted by molar-refractivity contribution is -0.121. The summed E-state index contributed by atoms with van der Waals surface area (Å²) in [4.78, 5) is 12.3. The Kier molecular flexibility index (Phi) is 5.43. The van der Waals surface area contributed by atoms with E-state index in [0.29, 0.717) is 26.1 Å². The van der Waals surface area contributed by atoms with Gasteiger partial charge in [-0.2, -0.15) is 0 Å². The lowest BCUT2D eigenvalue weighted by atomic mass is 10.1. The Morgan fingerprint density at radius 1 is 1.16 bits per heavy atom. The third-order valence-corrected chi connectivity index (χ3v) is 4.23. The third-order valence-electron chi connectivity index (χ3n) is 4.23. The summed E-state index contributed by atoms with van der Waals surface area (Å²) in [6.45, 7) is 3.10. The smallest absolute Gasteiger partial charge is 0.220 e. The van der Waals surface area contributed by atoms with E-state index in [1.54, 1.807) is 7.11 Å². The highest BCUT2D eigenvalue weighted by molar-refractivity contribution is 5.76. The Labute approximate surface area is 147 Å². The summed E-state index contributed by atoms with van der Waals surface area (Å²) in [7, 11) is 1.63. The average molecular weight is 341 g/mol. The zero-order chi connectivity index (χ0) is 17.6. The highest BCUT2D eigenvalue weighted by Crippen LogP contribution is 2.31. The fraction of sp³-hybridized carbons (Fsp3) is 0.350. The van der Waals surface area contributed by atoms with Crippen LogP contribution in [-0.2, 0) is 11.2 Å². The molecule has 0 aromatic heterocycles. The molecule has 25 heavy (non-hydrogen) atoms. The van der Waals surface area contributed by atoms with Gasteiger partial charge in [0.25, 0.3) is 0 Å². The largest absolute Gasteiger partial charge is 0.496 e. The van der Waals surface area contributed by atoms with Crippen LogP contribution in [0.25, 0.3) is 0 Å². The van der Waals surface area contributed by atoms with Gasteiger partial charge in [0.2, 0.25) is 5.91 Å². The molecule has 1 N–H and O–H groups in total. The number of carbonyl (C=O) groups is 1. The van der Waals surface area contributed by atoms with Crippen LogP contribution in [0.5, 0.6) is 17.2 Å². The molecule has 1 heterocycles. The molecule has 3 rings (SSSR count). The van der Waals surface area contributed by atoms with Crippen molar-refractivity contribution in [3.05, 3.63) is 53.6 Å². The molecule has 1 aliphatic rings. The van der Waals surface area contributed by atoms with Crippen LogP contribution in [0.1, 0.15) is 30.5 Å². The summed E-state index contributed by atoms with van der Waals surface area (Å²) in [5.74, 6) is 2.31. The van der Waals surface area contributed by atoms with E-state index in [1.165, 1.54) is 0 Å². The van der Waals surface area contributed by atoms with Crippen LogP contribution in [0.2, 0.25) is 0 Å². The molecule has 132 valence electrons. The van der Waals surface area contributed by atoms with Gasteiger partial charge < -0.3 is 19.5 Å². The van der Waals surface area contributed by atoms with Gasteiger partial charge in [-0.25, -0.2) is 0 Å². The quantitative estimate of drug-likeness (QED) is 0.876. The number of rotatable bonds is 6. The number of benzene rings is 2. The molecule has 5 nitrogen and oxygen atoms in total. The number of aryl methyl sites for hydroxylation is 1. The van der Waals surface area contributed by atoms with Crippen molar-refractivity contribution < 1.29 is 19.0 Å². The lowest BCUT2D eigenvalue weighted by Gasteiger charge is -2.19. The summed E-state index contributed by atoms with van der Waals surface area (Å²) in [6.07, 6.45) is 1.07. The standard InChI is InChI=1S/C20H23NO4/c1-14(16-5-3-4-6-17(16)23-2)21-20(22)10-8-15-7-9-18-19(13-15)25-12-11-24-18/h3-7,9,13-14H,8,10-12H2,1-2H3,(H,21,22). The molecule has 0 fully saturated rings. The Balaban J connectivity index is 1.56. The zero-order valence-corrected chi connectivity index (χ0v) is 14.6. The number of amides is 1. The van der Waals surface area contributed by atoms with Crippen LogP contribution in [0.15, 0.2) is 42.5 Å². The molecular weight excluding hydrogens is 318 g/mol. The average Bonchev–Trinajstić information content (AvgIpc) is 2.66. The molecular formula is C20H23NO4. The van der Waals surface area contributed by atoms with Crippen molar-refractivity contribution in [2.45, 2.75) is 25.8 Å². The predicted molar refractivity (Wildman–Crippen MR) is 95.3 cm³/mol. The van der Waals surface area contributed by atoms with Crippen LogP contribution in [0.4, 0.5) is 0 Å². The van der Waals surface area contributed by atoms with Gasteiger partial charge in [-0.15, -0.1) is 0 Å². The topological polar surface area (TPSA) is 56.8 Å². The van der Waals surface area contributed by atoms with Gasteiger partial charge in [0, 0.05) is 12.0 Å². The number of carbonyl (C=O) groups excluding carboxylic acids is 1. The van der Waals surface area contributed by atoms with Gasteiger partial charge in [-0.05, 0) is 37.1 Å². The molecule has 0 spiro atoms. The Hall–Kier alpha value is -2.69. The fourth-order valence-corrected chi connectivity index (χ4v) is 2.92. The van der Waals surface area contributed by atoms with Crippen LogP contribution in [0.3, 0.4) is 0 Å². The predicted octanol–water partition coefficient (Wildman–Crippen LogP) is 3.28. The summed E-state index contributed by atoms with van der Waals surface area (Å²) in [6, 6.07) is 13.4. The van der Waals surface area contributed by atoms with Gasteiger partial charge in [0.1, 0.15) is 19.0 Å². The molecule has 0 aliphatic carbocycles. The van der Waals surface area contributed by atoms with Gasteiger partial charge >= 0.3 is 0 Å². The maximum Gasteiger partial charge on any atom is 0.220 e. The molecule has 2 aromatic rings. The van der Waals surface area contributed by atoms with E-state index >= 15 is 0 Å². The summed E-state index contributed by atoms with van der Waals surface area (Å²) in [5.41, 5.74) is 2.03. The van der Waals surface area contributed by atoms with Crippen LogP contribution < -0.4 is 19.5 Å². The number of fused-ring (bicyclic) bond motifs is 1. The van der Waals surface area contributed by atoms with Gasteiger partial charge in [-0.3, -0.25) is 4.79 Å². The second-order valence-corrected chi connectivity index (χ2v) is 6.01. The van der Waals surface area contributed by atoms with E-state index < -0.39 is 0 Å². The first-order chi connectivity index (χ1) is 12.2.